The molecule has 0 saturated heterocycles. The largest absolute Gasteiger partial charge is 0.478 e. The molecule has 0 saturated carbocycles. The van der Waals surface area contributed by atoms with Crippen molar-refractivity contribution in [1.29, 1.82) is 0 Å². The van der Waals surface area contributed by atoms with Gasteiger partial charge >= 0.3 is 17.9 Å². The van der Waals surface area contributed by atoms with Gasteiger partial charge in [-0.2, -0.15) is 0 Å². The summed E-state index contributed by atoms with van der Waals surface area (Å²) in [6, 6.07) is 7.27. The third kappa shape index (κ3) is 4.49. The minimum atomic E-state index is -1.17. The smallest absolute Gasteiger partial charge is 0.335 e. The number of carboxylic acids is 1. The lowest BCUT2D eigenvalue weighted by atomic mass is 9.98. The first kappa shape index (κ1) is 23.0. The summed E-state index contributed by atoms with van der Waals surface area (Å²) in [5.41, 5.74) is 0.918. The van der Waals surface area contributed by atoms with E-state index >= 15 is 0 Å². The molecule has 32 heavy (non-hydrogen) atoms. The highest BCUT2D eigenvalue weighted by Gasteiger charge is 2.22. The highest BCUT2D eigenvalue weighted by atomic mass is 16.5. The van der Waals surface area contributed by atoms with Gasteiger partial charge in [0.1, 0.15) is 23.4 Å². The first-order valence-electron chi connectivity index (χ1n) is 10.3. The van der Waals surface area contributed by atoms with E-state index in [4.69, 9.17) is 13.9 Å². The molecule has 2 unspecified atom stereocenters. The molecular weight excluding hydrogens is 416 g/mol. The zero-order valence-corrected chi connectivity index (χ0v) is 18.3. The van der Waals surface area contributed by atoms with Crippen LogP contribution in [0.4, 0.5) is 0 Å². The maximum absolute atomic E-state index is 13.3. The first-order chi connectivity index (χ1) is 15.2. The summed E-state index contributed by atoms with van der Waals surface area (Å²) in [6.45, 7) is 6.68. The fourth-order valence-corrected chi connectivity index (χ4v) is 3.37. The molecule has 1 aromatic heterocycles. The van der Waals surface area contributed by atoms with Gasteiger partial charge < -0.3 is 19.0 Å². The molecule has 0 amide bonds. The number of aromatic carboxylic acids is 1. The van der Waals surface area contributed by atoms with Crippen molar-refractivity contribution in [2.24, 2.45) is 0 Å². The predicted octanol–water partition coefficient (Wildman–Crippen LogP) is 4.67. The summed E-state index contributed by atoms with van der Waals surface area (Å²) >= 11 is 0. The van der Waals surface area contributed by atoms with Crippen molar-refractivity contribution < 1.29 is 33.4 Å². The lowest BCUT2D eigenvalue weighted by Gasteiger charge is -2.19. The molecule has 8 heteroatoms. The van der Waals surface area contributed by atoms with Crippen molar-refractivity contribution in [2.75, 3.05) is 0 Å². The zero-order chi connectivity index (χ0) is 23.6. The fourth-order valence-electron chi connectivity index (χ4n) is 3.37. The van der Waals surface area contributed by atoms with Crippen LogP contribution >= 0.6 is 0 Å². The van der Waals surface area contributed by atoms with Crippen LogP contribution in [0.1, 0.15) is 74.2 Å². The van der Waals surface area contributed by atoms with Crippen LogP contribution in [0.3, 0.4) is 0 Å². The van der Waals surface area contributed by atoms with Crippen LogP contribution in [0, 0.1) is 0 Å². The maximum atomic E-state index is 13.3. The van der Waals surface area contributed by atoms with Gasteiger partial charge in [-0.15, -0.1) is 0 Å². The Balaban J connectivity index is 2.29. The van der Waals surface area contributed by atoms with Crippen molar-refractivity contribution in [2.45, 2.75) is 52.7 Å². The average molecular weight is 440 g/mol. The molecule has 168 valence electrons. The van der Waals surface area contributed by atoms with Crippen molar-refractivity contribution >= 4 is 39.8 Å². The van der Waals surface area contributed by atoms with Gasteiger partial charge in [0.2, 0.25) is 5.43 Å². The molecule has 0 fully saturated rings. The van der Waals surface area contributed by atoms with Gasteiger partial charge in [-0.25, -0.2) is 4.79 Å². The van der Waals surface area contributed by atoms with E-state index in [1.165, 1.54) is 18.2 Å². The highest BCUT2D eigenvalue weighted by molar-refractivity contribution is 5.96. The van der Waals surface area contributed by atoms with Crippen LogP contribution < -0.4 is 5.43 Å². The molecule has 0 aliphatic carbocycles. The summed E-state index contributed by atoms with van der Waals surface area (Å²) in [7, 11) is 0. The highest BCUT2D eigenvalue weighted by Crippen LogP contribution is 2.32. The standard InChI is InChI=1S/C24H24O8/c1-5-20(25)30-12(3)15-10-16(13(4)31-21(26)6-2)23-18(11-15)22(27)17-9-14(24(28)29)7-8-19(17)32-23/h7-13H,5-6H2,1-4H3,(H,28,29). The molecular formula is C24H24O8. The lowest BCUT2D eigenvalue weighted by Crippen LogP contribution is -2.13. The average Bonchev–Trinajstić information content (AvgIpc) is 2.77. The van der Waals surface area contributed by atoms with Gasteiger partial charge in [-0.3, -0.25) is 14.4 Å². The van der Waals surface area contributed by atoms with Crippen LogP contribution in [-0.4, -0.2) is 23.0 Å². The number of fused-ring (bicyclic) bond motifs is 2. The first-order valence-corrected chi connectivity index (χ1v) is 10.3. The van der Waals surface area contributed by atoms with E-state index in [2.05, 4.69) is 0 Å². The number of ether oxygens (including phenoxy) is 2. The topological polar surface area (TPSA) is 120 Å². The third-order valence-electron chi connectivity index (χ3n) is 5.17. The number of carbonyl (C=O) groups excluding carboxylic acids is 2. The van der Waals surface area contributed by atoms with E-state index in [0.29, 0.717) is 11.1 Å². The Labute approximate surface area is 183 Å². The van der Waals surface area contributed by atoms with Crippen LogP contribution in [0.25, 0.3) is 21.9 Å². The molecule has 3 rings (SSSR count). The molecule has 2 atom stereocenters. The molecule has 2 aromatic carbocycles. The second-order valence-electron chi connectivity index (χ2n) is 7.41. The normalized spacial score (nSPS) is 13.0. The lowest BCUT2D eigenvalue weighted by molar-refractivity contribution is -0.148. The van der Waals surface area contributed by atoms with Crippen molar-refractivity contribution in [3.63, 3.8) is 0 Å². The molecule has 0 radical (unpaired) electrons. The van der Waals surface area contributed by atoms with E-state index in [0.717, 1.165) is 0 Å². The monoisotopic (exact) mass is 440 g/mol. The van der Waals surface area contributed by atoms with Crippen molar-refractivity contribution in [3.8, 4) is 0 Å². The van der Waals surface area contributed by atoms with E-state index in [-0.39, 0.29) is 40.3 Å². The molecule has 3 aromatic rings. The van der Waals surface area contributed by atoms with Crippen LogP contribution in [-0.2, 0) is 19.1 Å². The molecule has 8 nitrogen and oxygen atoms in total. The molecule has 0 aliphatic heterocycles. The Kier molecular flexibility index (Phi) is 6.62. The molecule has 1 heterocycles. The van der Waals surface area contributed by atoms with Gasteiger partial charge in [-0.05, 0) is 49.7 Å². The van der Waals surface area contributed by atoms with E-state index in [1.54, 1.807) is 39.8 Å². The number of hydrogen-bond acceptors (Lipinski definition) is 7. The number of esters is 2. The number of carbonyl (C=O) groups is 3. The summed E-state index contributed by atoms with van der Waals surface area (Å²) < 4.78 is 16.8. The Morgan fingerprint density at radius 1 is 0.938 bits per heavy atom. The number of carboxylic acid groups (broad SMARTS) is 1. The number of rotatable bonds is 7. The van der Waals surface area contributed by atoms with Gasteiger partial charge in [-0.1, -0.05) is 13.8 Å². The SMILES string of the molecule is CCC(=O)OC(C)c1cc(C(C)OC(=O)CC)c2oc3ccc(C(=O)O)cc3c(=O)c2c1. The molecule has 0 bridgehead atoms. The Hall–Kier alpha value is -3.68. The molecule has 0 aliphatic rings. The minimum Gasteiger partial charge on any atom is -0.478 e. The number of hydrogen-bond donors (Lipinski definition) is 1. The van der Waals surface area contributed by atoms with Crippen LogP contribution in [0.5, 0.6) is 0 Å². The quantitative estimate of drug-likeness (QED) is 0.416. The second-order valence-corrected chi connectivity index (χ2v) is 7.41. The van der Waals surface area contributed by atoms with Crippen LogP contribution in [0.2, 0.25) is 0 Å². The van der Waals surface area contributed by atoms with Crippen molar-refractivity contribution in [3.05, 3.63) is 57.2 Å². The summed E-state index contributed by atoms with van der Waals surface area (Å²) in [4.78, 5) is 48.3. The third-order valence-corrected chi connectivity index (χ3v) is 5.17. The molecule has 1 N–H and O–H groups in total. The fraction of sp³-hybridized carbons (Fsp3) is 0.333. The maximum Gasteiger partial charge on any atom is 0.335 e. The predicted molar refractivity (Wildman–Crippen MR) is 117 cm³/mol. The van der Waals surface area contributed by atoms with E-state index in [9.17, 15) is 24.3 Å². The summed E-state index contributed by atoms with van der Waals surface area (Å²) in [5.74, 6) is -1.99. The van der Waals surface area contributed by atoms with E-state index < -0.39 is 35.5 Å². The van der Waals surface area contributed by atoms with Crippen molar-refractivity contribution in [1.82, 2.24) is 0 Å². The Morgan fingerprint density at radius 3 is 2.16 bits per heavy atom. The van der Waals surface area contributed by atoms with Gasteiger partial charge in [0.05, 0.1) is 16.3 Å². The second kappa shape index (κ2) is 9.21. The summed E-state index contributed by atoms with van der Waals surface area (Å²) in [5, 5.41) is 9.55. The van der Waals surface area contributed by atoms with E-state index in [1.807, 2.05) is 0 Å². The Morgan fingerprint density at radius 2 is 1.56 bits per heavy atom. The Bertz CT molecular complexity index is 1270. The van der Waals surface area contributed by atoms with Gasteiger partial charge in [0, 0.05) is 18.4 Å². The zero-order valence-electron chi connectivity index (χ0n) is 18.3. The summed E-state index contributed by atoms with van der Waals surface area (Å²) in [6.07, 6.45) is -1.03. The van der Waals surface area contributed by atoms with Gasteiger partial charge in [0.15, 0.2) is 0 Å². The molecule has 0 spiro atoms. The van der Waals surface area contributed by atoms with Gasteiger partial charge in [0.25, 0.3) is 0 Å². The minimum absolute atomic E-state index is 0.0454. The number of benzene rings is 2. The van der Waals surface area contributed by atoms with Crippen LogP contribution in [0.15, 0.2) is 39.5 Å².